The normalized spacial score (nSPS) is 26.4. The third-order valence-electron chi connectivity index (χ3n) is 3.48. The van der Waals surface area contributed by atoms with E-state index in [9.17, 15) is 24.0 Å². The van der Waals surface area contributed by atoms with E-state index in [-0.39, 0.29) is 6.61 Å². The average Bonchev–Trinajstić information content (AvgIpc) is 2.56. The molecule has 11 heteroatoms. The zero-order valence-corrected chi connectivity index (χ0v) is 16.0. The van der Waals surface area contributed by atoms with Gasteiger partial charge >= 0.3 is 23.9 Å². The van der Waals surface area contributed by atoms with Gasteiger partial charge in [-0.05, 0) is 6.08 Å². The molecule has 1 heterocycles. The maximum absolute atomic E-state index is 11.8. The summed E-state index contributed by atoms with van der Waals surface area (Å²) in [5.74, 6) is -3.56. The van der Waals surface area contributed by atoms with Gasteiger partial charge in [0.05, 0.1) is 0 Å². The van der Waals surface area contributed by atoms with Gasteiger partial charge < -0.3 is 29.0 Å². The summed E-state index contributed by atoms with van der Waals surface area (Å²) in [5, 5.41) is 2.43. The van der Waals surface area contributed by atoms with Gasteiger partial charge in [0, 0.05) is 27.7 Å². The van der Waals surface area contributed by atoms with Crippen LogP contribution < -0.4 is 5.32 Å². The summed E-state index contributed by atoms with van der Waals surface area (Å²) < 4.78 is 26.0. The van der Waals surface area contributed by atoms with Crippen LogP contribution in [0.4, 0.5) is 0 Å². The van der Waals surface area contributed by atoms with Gasteiger partial charge in [0.1, 0.15) is 18.8 Å². The van der Waals surface area contributed by atoms with Crippen molar-refractivity contribution in [1.29, 1.82) is 0 Å². The lowest BCUT2D eigenvalue weighted by molar-refractivity contribution is -0.270. The molecule has 11 nitrogen and oxygen atoms in total. The van der Waals surface area contributed by atoms with E-state index in [1.54, 1.807) is 0 Å². The molecule has 0 bridgehead atoms. The van der Waals surface area contributed by atoms with Gasteiger partial charge in [-0.15, -0.1) is 0 Å². The molecule has 1 rings (SSSR count). The number of esters is 4. The minimum Gasteiger partial charge on any atom is -0.463 e. The Morgan fingerprint density at radius 3 is 1.89 bits per heavy atom. The predicted octanol–water partition coefficient (Wildman–Crippen LogP) is -0.628. The van der Waals surface area contributed by atoms with Gasteiger partial charge in [0.15, 0.2) is 12.2 Å². The fraction of sp³-hybridized carbons (Fsp3) is 0.588. The van der Waals surface area contributed by atoms with Crippen molar-refractivity contribution in [2.24, 2.45) is 0 Å². The van der Waals surface area contributed by atoms with Crippen molar-refractivity contribution < 1.29 is 47.7 Å². The molecule has 0 aromatic heterocycles. The molecule has 1 saturated heterocycles. The molecule has 1 aliphatic rings. The third kappa shape index (κ3) is 6.99. The van der Waals surface area contributed by atoms with Crippen LogP contribution in [0.25, 0.3) is 0 Å². The Labute approximate surface area is 161 Å². The maximum atomic E-state index is 11.8. The Morgan fingerprint density at radius 2 is 1.43 bits per heavy atom. The number of amides is 1. The molecule has 0 aromatic carbocycles. The second kappa shape index (κ2) is 10.4. The second-order valence-electron chi connectivity index (χ2n) is 5.84. The summed E-state index contributed by atoms with van der Waals surface area (Å²) in [6, 6.07) is -1.23. The Balaban J connectivity index is 3.33. The molecular formula is C17H23NO10. The number of rotatable bonds is 7. The van der Waals surface area contributed by atoms with Crippen LogP contribution in [0, 0.1) is 0 Å². The van der Waals surface area contributed by atoms with Gasteiger partial charge in [-0.3, -0.25) is 24.0 Å². The molecule has 1 amide bonds. The van der Waals surface area contributed by atoms with E-state index >= 15 is 0 Å². The summed E-state index contributed by atoms with van der Waals surface area (Å²) in [6.07, 6.45) is -4.18. The van der Waals surface area contributed by atoms with E-state index in [0.717, 1.165) is 33.8 Å². The molecule has 156 valence electrons. The first-order valence-corrected chi connectivity index (χ1v) is 8.28. The maximum Gasteiger partial charge on any atom is 0.305 e. The summed E-state index contributed by atoms with van der Waals surface area (Å²) in [6.45, 7) is 7.42. The first-order chi connectivity index (χ1) is 13.0. The second-order valence-corrected chi connectivity index (χ2v) is 5.84. The lowest BCUT2D eigenvalue weighted by Gasteiger charge is -2.44. The third-order valence-corrected chi connectivity index (χ3v) is 3.48. The van der Waals surface area contributed by atoms with E-state index in [1.165, 1.54) is 0 Å². The molecule has 1 N–H and O–H groups in total. The Morgan fingerprint density at radius 1 is 0.893 bits per heavy atom. The molecule has 0 radical (unpaired) electrons. The van der Waals surface area contributed by atoms with Gasteiger partial charge in [0.2, 0.25) is 12.2 Å². The largest absolute Gasteiger partial charge is 0.463 e. The van der Waals surface area contributed by atoms with Crippen LogP contribution in [-0.2, 0) is 47.7 Å². The lowest BCUT2D eigenvalue weighted by atomic mass is 9.96. The molecular weight excluding hydrogens is 378 g/mol. The highest BCUT2D eigenvalue weighted by atomic mass is 16.7. The molecule has 0 saturated carbocycles. The van der Waals surface area contributed by atoms with Crippen molar-refractivity contribution in [3.63, 3.8) is 0 Å². The van der Waals surface area contributed by atoms with E-state index in [0.29, 0.717) is 0 Å². The summed E-state index contributed by atoms with van der Waals surface area (Å²) in [7, 11) is 0. The van der Waals surface area contributed by atoms with Crippen LogP contribution in [0.5, 0.6) is 0 Å². The fourth-order valence-electron chi connectivity index (χ4n) is 2.54. The zero-order valence-electron chi connectivity index (χ0n) is 16.0. The highest BCUT2D eigenvalue weighted by molar-refractivity contribution is 5.87. The summed E-state index contributed by atoms with van der Waals surface area (Å²) >= 11 is 0. The van der Waals surface area contributed by atoms with E-state index in [2.05, 4.69) is 11.9 Å². The quantitative estimate of drug-likeness (QED) is 0.333. The van der Waals surface area contributed by atoms with Crippen LogP contribution >= 0.6 is 0 Å². The molecule has 1 aliphatic heterocycles. The molecule has 0 aliphatic carbocycles. The Kier molecular flexibility index (Phi) is 8.58. The van der Waals surface area contributed by atoms with Gasteiger partial charge in [0.25, 0.3) is 0 Å². The first-order valence-electron chi connectivity index (χ1n) is 8.28. The van der Waals surface area contributed by atoms with Crippen LogP contribution in [0.3, 0.4) is 0 Å². The number of hydrogen-bond donors (Lipinski definition) is 1. The zero-order chi connectivity index (χ0) is 21.4. The SMILES string of the molecule is C=CC(=O)N[C@H]1[C@@H](OC(C)=O)O[C@H](COC(C)=O)[C@@H](OC(C)=O)[C@@H]1OC(C)=O. The first kappa shape index (κ1) is 23.1. The van der Waals surface area contributed by atoms with Crippen molar-refractivity contribution in [2.75, 3.05) is 6.61 Å². The Bertz CT molecular complexity index is 646. The topological polar surface area (TPSA) is 144 Å². The van der Waals surface area contributed by atoms with Gasteiger partial charge in [-0.1, -0.05) is 6.58 Å². The Hall–Kier alpha value is -2.95. The molecule has 1 fully saturated rings. The average molecular weight is 401 g/mol. The van der Waals surface area contributed by atoms with Crippen LogP contribution in [0.15, 0.2) is 12.7 Å². The smallest absolute Gasteiger partial charge is 0.305 e. The minimum absolute atomic E-state index is 0.384. The van der Waals surface area contributed by atoms with Crippen molar-refractivity contribution in [3.8, 4) is 0 Å². The van der Waals surface area contributed by atoms with Crippen LogP contribution in [0.1, 0.15) is 27.7 Å². The minimum atomic E-state index is -1.42. The predicted molar refractivity (Wildman–Crippen MR) is 90.3 cm³/mol. The summed E-state index contributed by atoms with van der Waals surface area (Å²) in [4.78, 5) is 57.6. The molecule has 0 unspecified atom stereocenters. The van der Waals surface area contributed by atoms with E-state index in [4.69, 9.17) is 23.7 Å². The van der Waals surface area contributed by atoms with Gasteiger partial charge in [-0.2, -0.15) is 0 Å². The number of carbonyl (C=O) groups excluding carboxylic acids is 5. The fourth-order valence-corrected chi connectivity index (χ4v) is 2.54. The van der Waals surface area contributed by atoms with Crippen molar-refractivity contribution in [1.82, 2.24) is 5.32 Å². The van der Waals surface area contributed by atoms with Crippen LogP contribution in [0.2, 0.25) is 0 Å². The van der Waals surface area contributed by atoms with E-state index < -0.39 is 60.4 Å². The number of ether oxygens (including phenoxy) is 5. The van der Waals surface area contributed by atoms with E-state index in [1.807, 2.05) is 0 Å². The standard InChI is InChI=1S/C17H23NO10/c1-6-13(23)18-14-16(26-10(4)21)15(25-9(3)20)12(7-24-8(2)19)28-17(14)27-11(5)22/h6,12,14-17H,1,7H2,2-5H3,(H,18,23)/t12-,14-,15-,16-,17+/m1/s1. The monoisotopic (exact) mass is 401 g/mol. The van der Waals surface area contributed by atoms with Crippen LogP contribution in [-0.4, -0.2) is 67.0 Å². The van der Waals surface area contributed by atoms with Crippen molar-refractivity contribution in [3.05, 3.63) is 12.7 Å². The molecule has 0 spiro atoms. The number of carbonyl (C=O) groups is 5. The molecule has 0 aromatic rings. The number of nitrogens with one attached hydrogen (secondary N) is 1. The molecule has 28 heavy (non-hydrogen) atoms. The van der Waals surface area contributed by atoms with Crippen molar-refractivity contribution in [2.45, 2.75) is 58.3 Å². The molecule has 5 atom stereocenters. The number of hydrogen-bond acceptors (Lipinski definition) is 10. The highest BCUT2D eigenvalue weighted by Crippen LogP contribution is 2.28. The lowest BCUT2D eigenvalue weighted by Crippen LogP contribution is -2.66. The highest BCUT2D eigenvalue weighted by Gasteiger charge is 2.52. The summed E-state index contributed by atoms with van der Waals surface area (Å²) in [5.41, 5.74) is 0. The van der Waals surface area contributed by atoms with Gasteiger partial charge in [-0.25, -0.2) is 0 Å². The van der Waals surface area contributed by atoms with Crippen molar-refractivity contribution >= 4 is 29.8 Å².